The second-order valence-corrected chi connectivity index (χ2v) is 3.42. The highest BCUT2D eigenvalue weighted by atomic mass is 31.2. The maximum atomic E-state index is 10.1. The van der Waals surface area contributed by atoms with Gasteiger partial charge in [-0.2, -0.15) is 0 Å². The highest BCUT2D eigenvalue weighted by Crippen LogP contribution is 2.37. The van der Waals surface area contributed by atoms with Crippen molar-refractivity contribution >= 4 is 7.82 Å². The van der Waals surface area contributed by atoms with Crippen LogP contribution >= 0.6 is 7.82 Å². The molecular weight excluding hydrogens is 207 g/mol. The van der Waals surface area contributed by atoms with E-state index in [2.05, 4.69) is 4.52 Å². The molecule has 0 amide bonds. The number of phosphoric acid groups is 1. The van der Waals surface area contributed by atoms with Gasteiger partial charge in [-0.1, -0.05) is 0 Å². The van der Waals surface area contributed by atoms with E-state index in [0.717, 1.165) is 0 Å². The fraction of sp³-hybridized carbons (Fsp3) is 1.00. The van der Waals surface area contributed by atoms with Gasteiger partial charge in [-0.25, -0.2) is 4.57 Å². The van der Waals surface area contributed by atoms with Gasteiger partial charge in [-0.05, 0) is 0 Å². The van der Waals surface area contributed by atoms with Gasteiger partial charge in [0.25, 0.3) is 0 Å². The molecular formula is C4H11O8P. The monoisotopic (exact) mass is 218 g/mol. The summed E-state index contributed by atoms with van der Waals surface area (Å²) in [7, 11) is -4.93. The SMILES string of the molecule is O=P(O)(O)OC(O)[C@@H](O)[C@H](O)CO. The number of aliphatic hydroxyl groups excluding tert-OH is 4. The van der Waals surface area contributed by atoms with E-state index < -0.39 is 32.9 Å². The molecule has 1 unspecified atom stereocenters. The summed E-state index contributed by atoms with van der Waals surface area (Å²) in [4.78, 5) is 16.3. The predicted molar refractivity (Wildman–Crippen MR) is 38.2 cm³/mol. The van der Waals surface area contributed by atoms with Crippen molar-refractivity contribution in [3.8, 4) is 0 Å². The quantitative estimate of drug-likeness (QED) is 0.213. The van der Waals surface area contributed by atoms with Gasteiger partial charge in [0.2, 0.25) is 0 Å². The Morgan fingerprint density at radius 2 is 1.69 bits per heavy atom. The van der Waals surface area contributed by atoms with Crippen LogP contribution in [0.2, 0.25) is 0 Å². The molecule has 0 rings (SSSR count). The first-order valence-electron chi connectivity index (χ1n) is 3.17. The van der Waals surface area contributed by atoms with E-state index in [0.29, 0.717) is 0 Å². The van der Waals surface area contributed by atoms with Crippen LogP contribution in [0.3, 0.4) is 0 Å². The zero-order chi connectivity index (χ0) is 10.6. The molecule has 0 aromatic rings. The highest BCUT2D eigenvalue weighted by Gasteiger charge is 2.30. The summed E-state index contributed by atoms with van der Waals surface area (Å²) in [5.41, 5.74) is 0. The van der Waals surface area contributed by atoms with Crippen LogP contribution in [0.15, 0.2) is 0 Å². The van der Waals surface area contributed by atoms with Crippen LogP contribution in [0.5, 0.6) is 0 Å². The van der Waals surface area contributed by atoms with Gasteiger partial charge in [0.05, 0.1) is 6.61 Å². The Balaban J connectivity index is 4.11. The maximum Gasteiger partial charge on any atom is 0.472 e. The first kappa shape index (κ1) is 12.9. The minimum Gasteiger partial charge on any atom is -0.394 e. The molecule has 0 spiro atoms. The summed E-state index contributed by atoms with van der Waals surface area (Å²) >= 11 is 0. The number of phosphoric ester groups is 1. The number of aliphatic hydroxyl groups is 4. The third-order valence-corrected chi connectivity index (χ3v) is 1.61. The van der Waals surface area contributed by atoms with Crippen molar-refractivity contribution in [3.63, 3.8) is 0 Å². The van der Waals surface area contributed by atoms with E-state index in [9.17, 15) is 4.57 Å². The van der Waals surface area contributed by atoms with Gasteiger partial charge in [0, 0.05) is 0 Å². The fourth-order valence-corrected chi connectivity index (χ4v) is 0.907. The lowest BCUT2D eigenvalue weighted by Crippen LogP contribution is -2.40. The van der Waals surface area contributed by atoms with Crippen LogP contribution in [-0.2, 0) is 9.09 Å². The Hall–Kier alpha value is -0.0500. The number of hydrogen-bond donors (Lipinski definition) is 6. The van der Waals surface area contributed by atoms with Crippen molar-refractivity contribution < 1.29 is 39.3 Å². The third-order valence-electron chi connectivity index (χ3n) is 1.12. The van der Waals surface area contributed by atoms with Crippen molar-refractivity contribution in [1.82, 2.24) is 0 Å². The third kappa shape index (κ3) is 5.29. The molecule has 0 aromatic heterocycles. The van der Waals surface area contributed by atoms with E-state index >= 15 is 0 Å². The van der Waals surface area contributed by atoms with E-state index in [1.807, 2.05) is 0 Å². The predicted octanol–water partition coefficient (Wildman–Crippen LogP) is -2.87. The van der Waals surface area contributed by atoms with Gasteiger partial charge in [-0.3, -0.25) is 4.52 Å². The summed E-state index contributed by atoms with van der Waals surface area (Å²) in [6, 6.07) is 0. The largest absolute Gasteiger partial charge is 0.472 e. The summed E-state index contributed by atoms with van der Waals surface area (Å²) in [5.74, 6) is 0. The summed E-state index contributed by atoms with van der Waals surface area (Å²) < 4.78 is 13.7. The van der Waals surface area contributed by atoms with Gasteiger partial charge in [0.1, 0.15) is 12.2 Å². The standard InChI is InChI=1S/C4H11O8P/c5-1-2(6)3(7)4(8)12-13(9,10)11/h2-8H,1H2,(H2,9,10,11)/t2-,3+,4?/m1/s1. The van der Waals surface area contributed by atoms with Gasteiger partial charge in [0.15, 0.2) is 6.29 Å². The molecule has 0 heterocycles. The van der Waals surface area contributed by atoms with E-state index in [1.165, 1.54) is 0 Å². The second kappa shape index (κ2) is 4.99. The lowest BCUT2D eigenvalue weighted by Gasteiger charge is -2.21. The Morgan fingerprint density at radius 3 is 2.00 bits per heavy atom. The molecule has 6 N–H and O–H groups in total. The Bertz CT molecular complexity index is 189. The Morgan fingerprint density at radius 1 is 1.23 bits per heavy atom. The molecule has 0 aliphatic heterocycles. The topological polar surface area (TPSA) is 148 Å². The number of hydrogen-bond acceptors (Lipinski definition) is 6. The van der Waals surface area contributed by atoms with Crippen LogP contribution in [0.25, 0.3) is 0 Å². The molecule has 8 nitrogen and oxygen atoms in total. The minimum atomic E-state index is -4.93. The van der Waals surface area contributed by atoms with Crippen LogP contribution in [0, 0.1) is 0 Å². The zero-order valence-electron chi connectivity index (χ0n) is 6.39. The molecule has 3 atom stereocenters. The van der Waals surface area contributed by atoms with Crippen molar-refractivity contribution in [2.75, 3.05) is 6.61 Å². The van der Waals surface area contributed by atoms with Crippen LogP contribution < -0.4 is 0 Å². The molecule has 0 radical (unpaired) electrons. The van der Waals surface area contributed by atoms with Gasteiger partial charge in [-0.15, -0.1) is 0 Å². The van der Waals surface area contributed by atoms with E-state index in [-0.39, 0.29) is 0 Å². The molecule has 0 saturated heterocycles. The van der Waals surface area contributed by atoms with Crippen LogP contribution in [0.4, 0.5) is 0 Å². The molecule has 13 heavy (non-hydrogen) atoms. The van der Waals surface area contributed by atoms with Crippen LogP contribution in [0.1, 0.15) is 0 Å². The first-order chi connectivity index (χ1) is 5.78. The average Bonchev–Trinajstić information content (AvgIpc) is 1.98. The van der Waals surface area contributed by atoms with Gasteiger partial charge >= 0.3 is 7.82 Å². The summed E-state index contributed by atoms with van der Waals surface area (Å²) in [5, 5.41) is 34.5. The maximum absolute atomic E-state index is 10.1. The average molecular weight is 218 g/mol. The first-order valence-corrected chi connectivity index (χ1v) is 4.70. The second-order valence-electron chi connectivity index (χ2n) is 2.23. The molecule has 0 bridgehead atoms. The fourth-order valence-electron chi connectivity index (χ4n) is 0.501. The van der Waals surface area contributed by atoms with Crippen molar-refractivity contribution in [1.29, 1.82) is 0 Å². The minimum absolute atomic E-state index is 0.872. The lowest BCUT2D eigenvalue weighted by molar-refractivity contribution is -0.157. The molecule has 0 aliphatic carbocycles. The van der Waals surface area contributed by atoms with Crippen LogP contribution in [-0.4, -0.2) is 55.3 Å². The summed E-state index contributed by atoms with van der Waals surface area (Å²) in [6.45, 7) is -0.872. The Kier molecular flexibility index (Phi) is 4.97. The van der Waals surface area contributed by atoms with Crippen molar-refractivity contribution in [2.45, 2.75) is 18.5 Å². The molecule has 80 valence electrons. The van der Waals surface area contributed by atoms with E-state index in [1.54, 1.807) is 0 Å². The summed E-state index contributed by atoms with van der Waals surface area (Å²) in [6.07, 6.45) is -5.98. The molecule has 9 heteroatoms. The van der Waals surface area contributed by atoms with E-state index in [4.69, 9.17) is 30.2 Å². The zero-order valence-corrected chi connectivity index (χ0v) is 7.28. The normalized spacial score (nSPS) is 19.5. The highest BCUT2D eigenvalue weighted by molar-refractivity contribution is 7.46. The Labute approximate surface area is 73.3 Å². The molecule has 0 aliphatic rings. The lowest BCUT2D eigenvalue weighted by atomic mass is 10.2. The molecule has 0 aromatic carbocycles. The molecule has 0 saturated carbocycles. The van der Waals surface area contributed by atoms with Crippen molar-refractivity contribution in [3.05, 3.63) is 0 Å². The van der Waals surface area contributed by atoms with Crippen molar-refractivity contribution in [2.24, 2.45) is 0 Å². The smallest absolute Gasteiger partial charge is 0.394 e. The molecule has 0 fully saturated rings. The van der Waals surface area contributed by atoms with Gasteiger partial charge < -0.3 is 30.2 Å². The number of rotatable bonds is 5.